The van der Waals surface area contributed by atoms with Crippen LogP contribution in [0.4, 0.5) is 14.5 Å². The fourth-order valence-corrected chi connectivity index (χ4v) is 1.51. The molecule has 0 amide bonds. The van der Waals surface area contributed by atoms with Crippen molar-refractivity contribution >= 4 is 5.69 Å². The maximum Gasteiger partial charge on any atom is 0.300 e. The van der Waals surface area contributed by atoms with Crippen LogP contribution < -0.4 is 5.73 Å². The quantitative estimate of drug-likeness (QED) is 0.664. The third-order valence-corrected chi connectivity index (χ3v) is 2.29. The van der Waals surface area contributed by atoms with E-state index in [0.717, 1.165) is 4.68 Å². The van der Waals surface area contributed by atoms with E-state index in [1.165, 1.54) is 12.3 Å². The number of benzene rings is 1. The second-order valence-electron chi connectivity index (χ2n) is 3.47. The van der Waals surface area contributed by atoms with Gasteiger partial charge in [-0.3, -0.25) is 10.1 Å². The standard InChI is InChI=1S/C10H8F2N4O2/c11-6-3-8(12)10(9(4-6)16(17)18)15-2-1-7(5-13)14-15/h1-4H,5,13H2. The number of halogens is 2. The molecule has 0 saturated heterocycles. The zero-order valence-corrected chi connectivity index (χ0v) is 9.01. The normalized spacial score (nSPS) is 10.6. The zero-order chi connectivity index (χ0) is 13.3. The van der Waals surface area contributed by atoms with E-state index in [1.807, 2.05) is 0 Å². The molecule has 8 heteroatoms. The SMILES string of the molecule is NCc1ccn(-c2c(F)cc(F)cc2[N+](=O)[O-])n1. The Hall–Kier alpha value is -2.35. The molecule has 94 valence electrons. The minimum Gasteiger partial charge on any atom is -0.325 e. The third-order valence-electron chi connectivity index (χ3n) is 2.29. The van der Waals surface area contributed by atoms with Crippen LogP contribution in [0.1, 0.15) is 5.69 Å². The van der Waals surface area contributed by atoms with Crippen molar-refractivity contribution in [2.24, 2.45) is 5.73 Å². The van der Waals surface area contributed by atoms with Crippen LogP contribution in [0.2, 0.25) is 0 Å². The van der Waals surface area contributed by atoms with Crippen LogP contribution in [0.5, 0.6) is 0 Å². The second kappa shape index (κ2) is 4.49. The molecule has 0 aliphatic heterocycles. The van der Waals surface area contributed by atoms with E-state index in [0.29, 0.717) is 17.8 Å². The lowest BCUT2D eigenvalue weighted by molar-refractivity contribution is -0.385. The summed E-state index contributed by atoms with van der Waals surface area (Å²) < 4.78 is 27.6. The van der Waals surface area contributed by atoms with Crippen molar-refractivity contribution < 1.29 is 13.7 Å². The average Bonchev–Trinajstić information content (AvgIpc) is 2.76. The van der Waals surface area contributed by atoms with Gasteiger partial charge in [-0.05, 0) is 6.07 Å². The summed E-state index contributed by atoms with van der Waals surface area (Å²) in [6, 6.07) is 2.70. The predicted octanol–water partition coefficient (Wildman–Crippen LogP) is 1.52. The van der Waals surface area contributed by atoms with Gasteiger partial charge in [0, 0.05) is 18.8 Å². The zero-order valence-electron chi connectivity index (χ0n) is 9.01. The average molecular weight is 254 g/mol. The number of nitrogens with two attached hydrogens (primary N) is 1. The number of hydrogen-bond acceptors (Lipinski definition) is 4. The Labute approximate surface area is 99.8 Å². The summed E-state index contributed by atoms with van der Waals surface area (Å²) >= 11 is 0. The monoisotopic (exact) mass is 254 g/mol. The Balaban J connectivity index is 2.65. The fourth-order valence-electron chi connectivity index (χ4n) is 1.51. The molecule has 0 saturated carbocycles. The van der Waals surface area contributed by atoms with Crippen LogP contribution in [0.3, 0.4) is 0 Å². The van der Waals surface area contributed by atoms with E-state index >= 15 is 0 Å². The van der Waals surface area contributed by atoms with Gasteiger partial charge in [-0.25, -0.2) is 13.5 Å². The van der Waals surface area contributed by atoms with Crippen LogP contribution >= 0.6 is 0 Å². The molecular weight excluding hydrogens is 246 g/mol. The molecule has 1 heterocycles. The van der Waals surface area contributed by atoms with Gasteiger partial charge in [0.1, 0.15) is 5.82 Å². The largest absolute Gasteiger partial charge is 0.325 e. The molecule has 0 spiro atoms. The lowest BCUT2D eigenvalue weighted by Crippen LogP contribution is -2.06. The molecule has 0 radical (unpaired) electrons. The maximum absolute atomic E-state index is 13.6. The Morgan fingerprint density at radius 3 is 2.72 bits per heavy atom. The van der Waals surface area contributed by atoms with Crippen LogP contribution in [0.25, 0.3) is 5.69 Å². The third kappa shape index (κ3) is 2.05. The highest BCUT2D eigenvalue weighted by Crippen LogP contribution is 2.26. The van der Waals surface area contributed by atoms with Gasteiger partial charge in [-0.1, -0.05) is 0 Å². The van der Waals surface area contributed by atoms with E-state index in [2.05, 4.69) is 5.10 Å². The topological polar surface area (TPSA) is 87.0 Å². The fraction of sp³-hybridized carbons (Fsp3) is 0.100. The van der Waals surface area contributed by atoms with Crippen molar-refractivity contribution in [2.75, 3.05) is 0 Å². The molecular formula is C10H8F2N4O2. The molecule has 6 nitrogen and oxygen atoms in total. The smallest absolute Gasteiger partial charge is 0.300 e. The summed E-state index contributed by atoms with van der Waals surface area (Å²) in [6.45, 7) is 0.115. The molecule has 0 fully saturated rings. The number of hydrogen-bond donors (Lipinski definition) is 1. The molecule has 2 aromatic rings. The first-order valence-corrected chi connectivity index (χ1v) is 4.91. The summed E-state index contributed by atoms with van der Waals surface area (Å²) in [5.41, 5.74) is 4.66. The highest BCUT2D eigenvalue weighted by Gasteiger charge is 2.22. The lowest BCUT2D eigenvalue weighted by Gasteiger charge is -2.04. The summed E-state index contributed by atoms with van der Waals surface area (Å²) in [4.78, 5) is 9.91. The Morgan fingerprint density at radius 2 is 2.17 bits per heavy atom. The molecule has 2 rings (SSSR count). The molecule has 0 aliphatic rings. The first-order valence-electron chi connectivity index (χ1n) is 4.91. The minimum absolute atomic E-state index is 0.115. The summed E-state index contributed by atoms with van der Waals surface area (Å²) in [6.07, 6.45) is 1.32. The molecule has 0 aliphatic carbocycles. The van der Waals surface area contributed by atoms with Gasteiger partial charge in [0.2, 0.25) is 0 Å². The first kappa shape index (κ1) is 12.1. The highest BCUT2D eigenvalue weighted by molar-refractivity contribution is 5.53. The van der Waals surface area contributed by atoms with E-state index in [-0.39, 0.29) is 6.54 Å². The first-order chi connectivity index (χ1) is 8.52. The highest BCUT2D eigenvalue weighted by atomic mass is 19.1. The van der Waals surface area contributed by atoms with Crippen LogP contribution in [-0.4, -0.2) is 14.7 Å². The van der Waals surface area contributed by atoms with Crippen molar-refractivity contribution in [3.8, 4) is 5.69 Å². The number of nitrogens with zero attached hydrogens (tertiary/aromatic N) is 3. The number of rotatable bonds is 3. The number of nitro benzene ring substituents is 1. The van der Waals surface area contributed by atoms with E-state index in [9.17, 15) is 18.9 Å². The molecule has 1 aromatic heterocycles. The molecule has 0 bridgehead atoms. The van der Waals surface area contributed by atoms with Crippen molar-refractivity contribution in [1.82, 2.24) is 9.78 Å². The van der Waals surface area contributed by atoms with Crippen molar-refractivity contribution in [2.45, 2.75) is 6.54 Å². The van der Waals surface area contributed by atoms with Crippen molar-refractivity contribution in [3.05, 3.63) is 51.8 Å². The van der Waals surface area contributed by atoms with E-state index in [4.69, 9.17) is 5.73 Å². The van der Waals surface area contributed by atoms with Gasteiger partial charge in [0.05, 0.1) is 16.7 Å². The van der Waals surface area contributed by atoms with Gasteiger partial charge < -0.3 is 5.73 Å². The molecule has 0 atom stereocenters. The molecule has 0 unspecified atom stereocenters. The van der Waals surface area contributed by atoms with Gasteiger partial charge in [-0.15, -0.1) is 0 Å². The molecule has 1 aromatic carbocycles. The Kier molecular flexibility index (Phi) is 3.02. The Bertz CT molecular complexity index is 612. The van der Waals surface area contributed by atoms with Crippen molar-refractivity contribution in [1.29, 1.82) is 0 Å². The summed E-state index contributed by atoms with van der Waals surface area (Å²) in [7, 11) is 0. The van der Waals surface area contributed by atoms with Crippen LogP contribution in [0.15, 0.2) is 24.4 Å². The molecule has 2 N–H and O–H groups in total. The number of aromatic nitrogens is 2. The second-order valence-corrected chi connectivity index (χ2v) is 3.47. The predicted molar refractivity (Wildman–Crippen MR) is 58.0 cm³/mol. The molecule has 18 heavy (non-hydrogen) atoms. The summed E-state index contributed by atoms with van der Waals surface area (Å²) in [5, 5.41) is 14.6. The van der Waals surface area contributed by atoms with Gasteiger partial charge in [0.15, 0.2) is 11.5 Å². The van der Waals surface area contributed by atoms with Gasteiger partial charge in [0.25, 0.3) is 0 Å². The van der Waals surface area contributed by atoms with Gasteiger partial charge >= 0.3 is 5.69 Å². The summed E-state index contributed by atoms with van der Waals surface area (Å²) in [5.74, 6) is -2.08. The van der Waals surface area contributed by atoms with E-state index < -0.39 is 27.9 Å². The van der Waals surface area contributed by atoms with Crippen molar-refractivity contribution in [3.63, 3.8) is 0 Å². The number of nitro groups is 1. The van der Waals surface area contributed by atoms with Gasteiger partial charge in [-0.2, -0.15) is 5.10 Å². The Morgan fingerprint density at radius 1 is 1.44 bits per heavy atom. The van der Waals surface area contributed by atoms with Crippen LogP contribution in [-0.2, 0) is 6.54 Å². The lowest BCUT2D eigenvalue weighted by atomic mass is 10.2. The van der Waals surface area contributed by atoms with Crippen LogP contribution in [0, 0.1) is 21.7 Å². The minimum atomic E-state index is -1.06. The maximum atomic E-state index is 13.6. The van der Waals surface area contributed by atoms with E-state index in [1.54, 1.807) is 0 Å².